The SMILES string of the molecule is COC(=O)/C(=C/Nc1cc(C)nc(C)n1)NC(=O)c1ccccc1. The molecule has 0 bridgehead atoms. The van der Waals surface area contributed by atoms with Gasteiger partial charge in [-0.15, -0.1) is 0 Å². The summed E-state index contributed by atoms with van der Waals surface area (Å²) in [7, 11) is 1.24. The Balaban J connectivity index is 2.18. The highest BCUT2D eigenvalue weighted by Gasteiger charge is 2.14. The van der Waals surface area contributed by atoms with Gasteiger partial charge in [0.2, 0.25) is 0 Å². The van der Waals surface area contributed by atoms with E-state index >= 15 is 0 Å². The van der Waals surface area contributed by atoms with E-state index in [1.807, 2.05) is 6.92 Å². The molecule has 0 saturated carbocycles. The van der Waals surface area contributed by atoms with Crippen LogP contribution in [0.25, 0.3) is 0 Å². The third kappa shape index (κ3) is 4.64. The minimum Gasteiger partial charge on any atom is -0.464 e. The van der Waals surface area contributed by atoms with E-state index < -0.39 is 11.9 Å². The Kier molecular flexibility index (Phi) is 5.62. The van der Waals surface area contributed by atoms with Gasteiger partial charge in [0.1, 0.15) is 17.3 Å². The third-order valence-corrected chi connectivity index (χ3v) is 3.02. The number of esters is 1. The van der Waals surface area contributed by atoms with Crippen LogP contribution >= 0.6 is 0 Å². The summed E-state index contributed by atoms with van der Waals surface area (Å²) in [6.07, 6.45) is 1.34. The first kappa shape index (κ1) is 17.1. The number of carbonyl (C=O) groups is 2. The molecule has 0 atom stereocenters. The number of amides is 1. The van der Waals surface area contributed by atoms with Crippen LogP contribution in [0.4, 0.5) is 5.82 Å². The Morgan fingerprint density at radius 1 is 1.12 bits per heavy atom. The first-order valence-electron chi connectivity index (χ1n) is 7.23. The molecule has 7 nitrogen and oxygen atoms in total. The Morgan fingerprint density at radius 3 is 2.46 bits per heavy atom. The summed E-state index contributed by atoms with van der Waals surface area (Å²) in [5.41, 5.74) is 1.19. The highest BCUT2D eigenvalue weighted by molar-refractivity contribution is 6.01. The Bertz CT molecular complexity index is 752. The smallest absolute Gasteiger partial charge is 0.356 e. The number of nitrogens with one attached hydrogen (secondary N) is 2. The number of anilines is 1. The number of rotatable bonds is 5. The highest BCUT2D eigenvalue weighted by atomic mass is 16.5. The molecule has 1 heterocycles. The summed E-state index contributed by atoms with van der Waals surface area (Å²) < 4.78 is 4.69. The number of carbonyl (C=O) groups excluding carboxylic acids is 2. The predicted octanol–water partition coefficient (Wildman–Crippen LogP) is 1.95. The number of ether oxygens (including phenoxy) is 1. The lowest BCUT2D eigenvalue weighted by molar-refractivity contribution is -0.136. The molecule has 7 heteroatoms. The largest absolute Gasteiger partial charge is 0.464 e. The van der Waals surface area contributed by atoms with E-state index in [1.54, 1.807) is 43.3 Å². The summed E-state index contributed by atoms with van der Waals surface area (Å²) >= 11 is 0. The standard InChI is InChI=1S/C17H18N4O3/c1-11-9-15(20-12(2)19-11)18-10-14(17(23)24-3)21-16(22)13-7-5-4-6-8-13/h4-10H,1-3H3,(H,21,22)(H,18,19,20)/b14-10-. The van der Waals surface area contributed by atoms with Gasteiger partial charge < -0.3 is 15.4 Å². The molecule has 124 valence electrons. The van der Waals surface area contributed by atoms with Crippen LogP contribution in [-0.4, -0.2) is 29.0 Å². The highest BCUT2D eigenvalue weighted by Crippen LogP contribution is 2.07. The molecule has 0 unspecified atom stereocenters. The molecular weight excluding hydrogens is 308 g/mol. The lowest BCUT2D eigenvalue weighted by Crippen LogP contribution is -2.28. The van der Waals surface area contributed by atoms with Crippen molar-refractivity contribution < 1.29 is 14.3 Å². The zero-order valence-electron chi connectivity index (χ0n) is 13.7. The van der Waals surface area contributed by atoms with Crippen LogP contribution in [0.2, 0.25) is 0 Å². The predicted molar refractivity (Wildman–Crippen MR) is 89.1 cm³/mol. The number of hydrogen-bond acceptors (Lipinski definition) is 6. The van der Waals surface area contributed by atoms with Crippen molar-refractivity contribution in [3.05, 3.63) is 65.4 Å². The van der Waals surface area contributed by atoms with Crippen molar-refractivity contribution in [2.75, 3.05) is 12.4 Å². The monoisotopic (exact) mass is 326 g/mol. The summed E-state index contributed by atoms with van der Waals surface area (Å²) in [5, 5.41) is 5.39. The molecule has 2 rings (SSSR count). The van der Waals surface area contributed by atoms with E-state index in [1.165, 1.54) is 13.3 Å². The average Bonchev–Trinajstić information content (AvgIpc) is 2.57. The number of benzene rings is 1. The van der Waals surface area contributed by atoms with Gasteiger partial charge in [0, 0.05) is 23.5 Å². The second kappa shape index (κ2) is 7.87. The maximum atomic E-state index is 12.2. The fourth-order valence-electron chi connectivity index (χ4n) is 1.98. The van der Waals surface area contributed by atoms with E-state index in [4.69, 9.17) is 4.74 Å². The number of aryl methyl sites for hydroxylation is 2. The molecular formula is C17H18N4O3. The first-order valence-corrected chi connectivity index (χ1v) is 7.23. The summed E-state index contributed by atoms with van der Waals surface area (Å²) in [6.45, 7) is 3.60. The molecule has 0 spiro atoms. The molecule has 0 radical (unpaired) electrons. The first-order chi connectivity index (χ1) is 11.5. The number of aromatic nitrogens is 2. The molecule has 2 N–H and O–H groups in total. The molecule has 0 saturated heterocycles. The zero-order valence-corrected chi connectivity index (χ0v) is 13.7. The topological polar surface area (TPSA) is 93.2 Å². The van der Waals surface area contributed by atoms with Crippen molar-refractivity contribution >= 4 is 17.7 Å². The minimum atomic E-state index is -0.672. The third-order valence-electron chi connectivity index (χ3n) is 3.02. The summed E-state index contributed by atoms with van der Waals surface area (Å²) in [6, 6.07) is 10.3. The van der Waals surface area contributed by atoms with Gasteiger partial charge >= 0.3 is 5.97 Å². The zero-order chi connectivity index (χ0) is 17.5. The maximum absolute atomic E-state index is 12.2. The number of nitrogens with zero attached hydrogens (tertiary/aromatic N) is 2. The molecule has 0 aliphatic carbocycles. The van der Waals surface area contributed by atoms with Gasteiger partial charge in [-0.2, -0.15) is 0 Å². The van der Waals surface area contributed by atoms with Crippen LogP contribution in [0.15, 0.2) is 48.3 Å². The fourth-order valence-corrected chi connectivity index (χ4v) is 1.98. The molecule has 24 heavy (non-hydrogen) atoms. The van der Waals surface area contributed by atoms with Gasteiger partial charge in [-0.25, -0.2) is 14.8 Å². The Labute approximate surface area is 139 Å². The molecule has 0 aliphatic heterocycles. The molecule has 0 fully saturated rings. The normalized spacial score (nSPS) is 10.9. The van der Waals surface area contributed by atoms with Crippen LogP contribution in [0.5, 0.6) is 0 Å². The maximum Gasteiger partial charge on any atom is 0.356 e. The van der Waals surface area contributed by atoms with Crippen molar-refractivity contribution in [3.63, 3.8) is 0 Å². The van der Waals surface area contributed by atoms with E-state index in [9.17, 15) is 9.59 Å². The Morgan fingerprint density at radius 2 is 1.83 bits per heavy atom. The molecule has 1 aromatic heterocycles. The second-order valence-corrected chi connectivity index (χ2v) is 4.96. The van der Waals surface area contributed by atoms with Gasteiger partial charge in [-0.05, 0) is 26.0 Å². The second-order valence-electron chi connectivity index (χ2n) is 4.96. The van der Waals surface area contributed by atoms with Crippen molar-refractivity contribution in [2.24, 2.45) is 0 Å². The summed E-state index contributed by atoms with van der Waals surface area (Å²) in [4.78, 5) is 32.4. The van der Waals surface area contributed by atoms with E-state index in [0.717, 1.165) is 5.69 Å². The average molecular weight is 326 g/mol. The van der Waals surface area contributed by atoms with Crippen LogP contribution in [-0.2, 0) is 9.53 Å². The van der Waals surface area contributed by atoms with Crippen molar-refractivity contribution in [3.8, 4) is 0 Å². The van der Waals surface area contributed by atoms with E-state index in [2.05, 4.69) is 20.6 Å². The van der Waals surface area contributed by atoms with Crippen LogP contribution < -0.4 is 10.6 Å². The van der Waals surface area contributed by atoms with Gasteiger partial charge in [0.05, 0.1) is 7.11 Å². The molecule has 1 aromatic carbocycles. The van der Waals surface area contributed by atoms with Gasteiger partial charge in [0.25, 0.3) is 5.91 Å². The summed E-state index contributed by atoms with van der Waals surface area (Å²) in [5.74, 6) is 0.0209. The lowest BCUT2D eigenvalue weighted by Gasteiger charge is -2.09. The van der Waals surface area contributed by atoms with Gasteiger partial charge in [0.15, 0.2) is 0 Å². The van der Waals surface area contributed by atoms with Crippen molar-refractivity contribution in [1.29, 1.82) is 0 Å². The van der Waals surface area contributed by atoms with E-state index in [0.29, 0.717) is 17.2 Å². The molecule has 1 amide bonds. The minimum absolute atomic E-state index is 0.0275. The van der Waals surface area contributed by atoms with E-state index in [-0.39, 0.29) is 5.70 Å². The molecule has 0 aliphatic rings. The number of methoxy groups -OCH3 is 1. The fraction of sp³-hybridized carbons (Fsp3) is 0.176. The van der Waals surface area contributed by atoms with Gasteiger partial charge in [-0.3, -0.25) is 4.79 Å². The van der Waals surface area contributed by atoms with Gasteiger partial charge in [-0.1, -0.05) is 18.2 Å². The van der Waals surface area contributed by atoms with Crippen LogP contribution in [0, 0.1) is 13.8 Å². The van der Waals surface area contributed by atoms with Crippen molar-refractivity contribution in [1.82, 2.24) is 15.3 Å². The number of hydrogen-bond donors (Lipinski definition) is 2. The van der Waals surface area contributed by atoms with Crippen molar-refractivity contribution in [2.45, 2.75) is 13.8 Å². The van der Waals surface area contributed by atoms with Crippen LogP contribution in [0.3, 0.4) is 0 Å². The lowest BCUT2D eigenvalue weighted by atomic mass is 10.2. The van der Waals surface area contributed by atoms with Crippen LogP contribution in [0.1, 0.15) is 21.9 Å². The molecule has 2 aromatic rings. The quantitative estimate of drug-likeness (QED) is 0.644. The Hall–Kier alpha value is -3.22.